The van der Waals surface area contributed by atoms with Crippen molar-refractivity contribution in [1.29, 1.82) is 5.41 Å². The highest BCUT2D eigenvalue weighted by atomic mass is 35.5. The molecule has 1 atom stereocenters. The van der Waals surface area contributed by atoms with Crippen molar-refractivity contribution in [3.8, 4) is 0 Å². The number of anilines is 2. The maximum absolute atomic E-state index is 10.7. The van der Waals surface area contributed by atoms with Gasteiger partial charge in [0.05, 0.1) is 33.9 Å². The van der Waals surface area contributed by atoms with E-state index in [0.29, 0.717) is 28.7 Å². The summed E-state index contributed by atoms with van der Waals surface area (Å²) in [7, 11) is 1.93. The second kappa shape index (κ2) is 9.98. The van der Waals surface area contributed by atoms with Crippen LogP contribution < -0.4 is 9.80 Å². The summed E-state index contributed by atoms with van der Waals surface area (Å²) in [5.41, 5.74) is 4.88. The van der Waals surface area contributed by atoms with Crippen molar-refractivity contribution in [2.75, 3.05) is 23.4 Å². The average molecular weight is 442 g/mol. The molecular formula is C24H25Cl2N3O. The van der Waals surface area contributed by atoms with Crippen LogP contribution in [0.15, 0.2) is 66.7 Å². The monoisotopic (exact) mass is 441 g/mol. The van der Waals surface area contributed by atoms with Crippen molar-refractivity contribution in [2.45, 2.75) is 19.6 Å². The van der Waals surface area contributed by atoms with E-state index in [9.17, 15) is 5.11 Å². The fraction of sp³-hybridized carbons (Fsp3) is 0.208. The van der Waals surface area contributed by atoms with Gasteiger partial charge in [0.15, 0.2) is 0 Å². The van der Waals surface area contributed by atoms with E-state index in [0.717, 1.165) is 16.9 Å². The van der Waals surface area contributed by atoms with E-state index in [4.69, 9.17) is 28.6 Å². The van der Waals surface area contributed by atoms with Gasteiger partial charge in [-0.15, -0.1) is 0 Å². The molecule has 156 valence electrons. The number of aliphatic hydroxyl groups is 1. The minimum absolute atomic E-state index is 0.366. The summed E-state index contributed by atoms with van der Waals surface area (Å²) >= 11 is 12.1. The smallest absolute Gasteiger partial charge is 0.0965 e. The van der Waals surface area contributed by atoms with Crippen LogP contribution in [0.3, 0.4) is 0 Å². The van der Waals surface area contributed by atoms with Crippen molar-refractivity contribution < 1.29 is 5.11 Å². The van der Waals surface area contributed by atoms with Crippen LogP contribution in [-0.4, -0.2) is 25.0 Å². The van der Waals surface area contributed by atoms with Gasteiger partial charge < -0.3 is 14.9 Å². The van der Waals surface area contributed by atoms with E-state index >= 15 is 0 Å². The Kier molecular flexibility index (Phi) is 7.38. The van der Waals surface area contributed by atoms with Crippen molar-refractivity contribution >= 4 is 40.9 Å². The van der Waals surface area contributed by atoms with E-state index < -0.39 is 6.10 Å². The highest BCUT2D eigenvalue weighted by Gasteiger charge is 2.17. The zero-order chi connectivity index (χ0) is 21.7. The summed E-state index contributed by atoms with van der Waals surface area (Å²) in [5, 5.41) is 19.6. The number of halogens is 2. The van der Waals surface area contributed by atoms with Gasteiger partial charge >= 0.3 is 0 Å². The first-order valence-electron chi connectivity index (χ1n) is 9.65. The Hall–Kier alpha value is -2.53. The third-order valence-corrected chi connectivity index (χ3v) is 5.87. The number of nitrogens with zero attached hydrogens (tertiary/aromatic N) is 2. The Morgan fingerprint density at radius 3 is 2.30 bits per heavy atom. The Morgan fingerprint density at radius 1 is 0.967 bits per heavy atom. The normalized spacial score (nSPS) is 11.8. The number of hydrogen-bond acceptors (Lipinski definition) is 3. The lowest BCUT2D eigenvalue weighted by Crippen LogP contribution is -2.28. The Labute approximate surface area is 187 Å². The molecule has 6 heteroatoms. The van der Waals surface area contributed by atoms with Crippen LogP contribution in [0.2, 0.25) is 10.0 Å². The molecule has 0 aliphatic carbocycles. The summed E-state index contributed by atoms with van der Waals surface area (Å²) in [6.07, 6.45) is 0.608. The number of rotatable bonds is 8. The minimum atomic E-state index is -0.734. The van der Waals surface area contributed by atoms with Gasteiger partial charge in [0.25, 0.3) is 0 Å². The third-order valence-electron chi connectivity index (χ3n) is 5.14. The Morgan fingerprint density at radius 2 is 1.63 bits per heavy atom. The quantitative estimate of drug-likeness (QED) is 0.328. The van der Waals surface area contributed by atoms with Gasteiger partial charge in [-0.1, -0.05) is 65.7 Å². The molecule has 0 radical (unpaired) electrons. The molecule has 4 nitrogen and oxygen atoms in total. The number of para-hydroxylation sites is 2. The van der Waals surface area contributed by atoms with Gasteiger partial charge in [-0.05, 0) is 47.9 Å². The molecule has 1 unspecified atom stereocenters. The minimum Gasteiger partial charge on any atom is -0.387 e. The molecule has 0 aliphatic heterocycles. The molecule has 3 rings (SSSR count). The van der Waals surface area contributed by atoms with Crippen LogP contribution in [0.5, 0.6) is 0 Å². The number of aliphatic hydroxyl groups excluding tert-OH is 1. The number of likely N-dealkylation sites (N-methyl/N-ethyl adjacent to an activating group) is 1. The molecule has 0 fully saturated rings. The maximum atomic E-state index is 10.7. The Bertz CT molecular complexity index is 1020. The first-order chi connectivity index (χ1) is 14.4. The first-order valence-corrected chi connectivity index (χ1v) is 10.4. The van der Waals surface area contributed by atoms with Crippen LogP contribution in [0.1, 0.15) is 22.8 Å². The molecule has 0 saturated carbocycles. The zero-order valence-electron chi connectivity index (χ0n) is 17.0. The number of benzene rings is 3. The van der Waals surface area contributed by atoms with Gasteiger partial charge in [-0.2, -0.15) is 0 Å². The van der Waals surface area contributed by atoms with Gasteiger partial charge in [-0.25, -0.2) is 0 Å². The highest BCUT2D eigenvalue weighted by Crippen LogP contribution is 2.31. The molecule has 0 aromatic heterocycles. The second-order valence-electron chi connectivity index (χ2n) is 7.24. The largest absolute Gasteiger partial charge is 0.387 e. The topological polar surface area (TPSA) is 50.6 Å². The molecule has 2 N–H and O–H groups in total. The predicted molar refractivity (Wildman–Crippen MR) is 127 cm³/mol. The lowest BCUT2D eigenvalue weighted by atomic mass is 10.1. The summed E-state index contributed by atoms with van der Waals surface area (Å²) in [6.45, 7) is 3.03. The van der Waals surface area contributed by atoms with E-state index in [1.807, 2.05) is 53.2 Å². The summed E-state index contributed by atoms with van der Waals surface area (Å²) in [6, 6.07) is 21.2. The van der Waals surface area contributed by atoms with E-state index in [2.05, 4.69) is 19.1 Å². The van der Waals surface area contributed by atoms with E-state index in [-0.39, 0.29) is 0 Å². The molecular weight excluding hydrogens is 417 g/mol. The van der Waals surface area contributed by atoms with Gasteiger partial charge in [0.2, 0.25) is 0 Å². The lowest BCUT2D eigenvalue weighted by molar-refractivity contribution is 0.185. The molecule has 0 saturated heterocycles. The zero-order valence-corrected chi connectivity index (χ0v) is 18.5. The van der Waals surface area contributed by atoms with Crippen LogP contribution >= 0.6 is 23.2 Å². The van der Waals surface area contributed by atoms with Gasteiger partial charge in [0, 0.05) is 20.1 Å². The Balaban J connectivity index is 1.83. The van der Waals surface area contributed by atoms with Crippen molar-refractivity contribution in [2.24, 2.45) is 0 Å². The summed E-state index contributed by atoms with van der Waals surface area (Å²) in [4.78, 5) is 3.89. The second-order valence-corrected chi connectivity index (χ2v) is 8.06. The van der Waals surface area contributed by atoms with Crippen LogP contribution in [0, 0.1) is 12.3 Å². The summed E-state index contributed by atoms with van der Waals surface area (Å²) < 4.78 is 0. The summed E-state index contributed by atoms with van der Waals surface area (Å²) in [5.74, 6) is 0. The van der Waals surface area contributed by atoms with Crippen molar-refractivity contribution in [3.63, 3.8) is 0 Å². The number of hydrogen-bond donors (Lipinski definition) is 2. The molecule has 0 amide bonds. The highest BCUT2D eigenvalue weighted by molar-refractivity contribution is 6.42. The SMILES string of the molecule is Cc1ccccc1CN(C=N)c1ccccc1N(C)CC(O)c1ccc(Cl)c(Cl)c1. The van der Waals surface area contributed by atoms with Crippen molar-refractivity contribution in [1.82, 2.24) is 0 Å². The molecule has 0 bridgehead atoms. The maximum Gasteiger partial charge on any atom is 0.0965 e. The van der Waals surface area contributed by atoms with E-state index in [1.165, 1.54) is 11.9 Å². The van der Waals surface area contributed by atoms with Gasteiger partial charge in [0.1, 0.15) is 0 Å². The molecule has 3 aromatic carbocycles. The first kappa shape index (κ1) is 22.2. The standard InChI is InChI=1S/C24H25Cl2N3O/c1-17-7-3-4-8-19(17)14-29(16-27)23-10-6-5-9-22(23)28(2)15-24(30)18-11-12-20(25)21(26)13-18/h3-13,16,24,27,30H,14-15H2,1-2H3. The van der Waals surface area contributed by atoms with E-state index in [1.54, 1.807) is 18.2 Å². The third kappa shape index (κ3) is 5.14. The van der Waals surface area contributed by atoms with Crippen LogP contribution in [0.25, 0.3) is 0 Å². The van der Waals surface area contributed by atoms with Gasteiger partial charge in [-0.3, -0.25) is 5.41 Å². The fourth-order valence-electron chi connectivity index (χ4n) is 3.38. The number of nitrogens with one attached hydrogen (secondary N) is 1. The van der Waals surface area contributed by atoms with Crippen LogP contribution in [-0.2, 0) is 6.54 Å². The lowest BCUT2D eigenvalue weighted by Gasteiger charge is -2.29. The molecule has 30 heavy (non-hydrogen) atoms. The molecule has 3 aromatic rings. The molecule has 0 heterocycles. The van der Waals surface area contributed by atoms with Crippen LogP contribution in [0.4, 0.5) is 11.4 Å². The average Bonchev–Trinajstić information content (AvgIpc) is 2.75. The predicted octanol–water partition coefficient (Wildman–Crippen LogP) is 6.09. The molecule has 0 aliphatic rings. The van der Waals surface area contributed by atoms with Crippen molar-refractivity contribution in [3.05, 3.63) is 93.5 Å². The fourth-order valence-corrected chi connectivity index (χ4v) is 3.69. The molecule has 0 spiro atoms. The number of aryl methyl sites for hydroxylation is 1.